The normalized spacial score (nSPS) is 10.4. The van der Waals surface area contributed by atoms with E-state index < -0.39 is 0 Å². The number of aromatic nitrogens is 3. The van der Waals surface area contributed by atoms with E-state index in [9.17, 15) is 4.79 Å². The molecule has 3 heterocycles. The van der Waals surface area contributed by atoms with Gasteiger partial charge in [0.05, 0.1) is 11.3 Å². The van der Waals surface area contributed by atoms with Gasteiger partial charge < -0.3 is 10.3 Å². The van der Waals surface area contributed by atoms with Crippen LogP contribution in [0.3, 0.4) is 0 Å². The summed E-state index contributed by atoms with van der Waals surface area (Å²) in [6, 6.07) is 7.18. The number of fused-ring (bicyclic) bond motifs is 1. The molecule has 1 amide bonds. The lowest BCUT2D eigenvalue weighted by Gasteiger charge is -2.02. The second kappa shape index (κ2) is 4.29. The molecule has 0 saturated carbocycles. The van der Waals surface area contributed by atoms with E-state index in [2.05, 4.69) is 20.3 Å². The lowest BCUT2D eigenvalue weighted by molar-refractivity contribution is 0.102. The minimum Gasteiger partial charge on any atom is -0.344 e. The number of pyridine rings is 2. The third-order valence-corrected chi connectivity index (χ3v) is 2.62. The van der Waals surface area contributed by atoms with Crippen molar-refractivity contribution in [2.24, 2.45) is 0 Å². The van der Waals surface area contributed by atoms with Crippen molar-refractivity contribution in [2.75, 3.05) is 5.32 Å². The van der Waals surface area contributed by atoms with Crippen LogP contribution >= 0.6 is 0 Å². The number of nitrogens with one attached hydrogen (secondary N) is 2. The molecule has 3 aromatic rings. The summed E-state index contributed by atoms with van der Waals surface area (Å²) in [6.07, 6.45) is 6.59. The highest BCUT2D eigenvalue weighted by atomic mass is 16.1. The van der Waals surface area contributed by atoms with E-state index in [1.165, 1.54) is 6.20 Å². The van der Waals surface area contributed by atoms with Gasteiger partial charge in [0, 0.05) is 30.2 Å². The Labute approximate surface area is 103 Å². The molecule has 0 spiro atoms. The molecule has 5 nitrogen and oxygen atoms in total. The van der Waals surface area contributed by atoms with Crippen molar-refractivity contribution in [3.63, 3.8) is 0 Å². The van der Waals surface area contributed by atoms with E-state index in [4.69, 9.17) is 0 Å². The summed E-state index contributed by atoms with van der Waals surface area (Å²) < 4.78 is 0. The molecular formula is C13H10N4O. The van der Waals surface area contributed by atoms with Crippen LogP contribution < -0.4 is 5.32 Å². The third kappa shape index (κ3) is 1.82. The molecule has 0 saturated heterocycles. The fourth-order valence-corrected chi connectivity index (χ4v) is 1.75. The zero-order valence-electron chi connectivity index (χ0n) is 9.42. The molecule has 0 bridgehead atoms. The number of aromatic amines is 1. The minimum absolute atomic E-state index is 0.187. The summed E-state index contributed by atoms with van der Waals surface area (Å²) in [5.74, 6) is -0.187. The highest BCUT2D eigenvalue weighted by Crippen LogP contribution is 2.21. The third-order valence-electron chi connectivity index (χ3n) is 2.62. The van der Waals surface area contributed by atoms with Gasteiger partial charge in [-0.1, -0.05) is 0 Å². The molecule has 18 heavy (non-hydrogen) atoms. The molecule has 0 radical (unpaired) electrons. The Morgan fingerprint density at radius 1 is 1.22 bits per heavy atom. The van der Waals surface area contributed by atoms with E-state index >= 15 is 0 Å². The van der Waals surface area contributed by atoms with Crippen molar-refractivity contribution in [3.8, 4) is 0 Å². The second-order valence-corrected chi connectivity index (χ2v) is 3.80. The minimum atomic E-state index is -0.187. The predicted molar refractivity (Wildman–Crippen MR) is 68.3 cm³/mol. The van der Waals surface area contributed by atoms with Crippen molar-refractivity contribution >= 4 is 22.6 Å². The van der Waals surface area contributed by atoms with Crippen LogP contribution in [0, 0.1) is 0 Å². The highest BCUT2D eigenvalue weighted by molar-refractivity contribution is 6.08. The number of hydrogen-bond acceptors (Lipinski definition) is 3. The molecule has 88 valence electrons. The predicted octanol–water partition coefficient (Wildman–Crippen LogP) is 2.21. The molecule has 0 aromatic carbocycles. The molecule has 0 unspecified atom stereocenters. The molecular weight excluding hydrogens is 228 g/mol. The van der Waals surface area contributed by atoms with E-state index in [0.29, 0.717) is 11.3 Å². The van der Waals surface area contributed by atoms with Crippen LogP contribution in [0.1, 0.15) is 10.4 Å². The van der Waals surface area contributed by atoms with Gasteiger partial charge >= 0.3 is 0 Å². The Hall–Kier alpha value is -2.69. The number of hydrogen-bond donors (Lipinski definition) is 2. The van der Waals surface area contributed by atoms with Gasteiger partial charge in [0.1, 0.15) is 5.65 Å². The van der Waals surface area contributed by atoms with Crippen LogP contribution in [-0.2, 0) is 0 Å². The average Bonchev–Trinajstić information content (AvgIpc) is 2.83. The summed E-state index contributed by atoms with van der Waals surface area (Å²) in [5, 5.41) is 3.72. The number of amides is 1. The fraction of sp³-hybridized carbons (Fsp3) is 0. The van der Waals surface area contributed by atoms with Crippen molar-refractivity contribution in [1.82, 2.24) is 15.0 Å². The number of rotatable bonds is 2. The standard InChI is InChI=1S/C13H10N4O/c18-13(9-3-1-5-14-7-9)17-11-8-16-12-10(11)4-2-6-15-12/h1-8H,(H,15,16)(H,17,18). The van der Waals surface area contributed by atoms with Crippen molar-refractivity contribution in [2.45, 2.75) is 0 Å². The maximum atomic E-state index is 12.0. The van der Waals surface area contributed by atoms with Crippen LogP contribution in [0.25, 0.3) is 11.0 Å². The number of nitrogens with zero attached hydrogens (tertiary/aromatic N) is 2. The first kappa shape index (κ1) is 10.5. The largest absolute Gasteiger partial charge is 0.344 e. The zero-order chi connectivity index (χ0) is 12.4. The molecule has 2 N–H and O–H groups in total. The molecule has 3 aromatic heterocycles. The van der Waals surface area contributed by atoms with Gasteiger partial charge in [-0.05, 0) is 24.3 Å². The van der Waals surface area contributed by atoms with E-state index in [-0.39, 0.29) is 5.91 Å². The number of H-pyrrole nitrogens is 1. The molecule has 0 atom stereocenters. The fourth-order valence-electron chi connectivity index (χ4n) is 1.75. The van der Waals surface area contributed by atoms with E-state index in [1.54, 1.807) is 30.7 Å². The summed E-state index contributed by atoms with van der Waals surface area (Å²) >= 11 is 0. The smallest absolute Gasteiger partial charge is 0.257 e. The van der Waals surface area contributed by atoms with Crippen molar-refractivity contribution in [1.29, 1.82) is 0 Å². The summed E-state index contributed by atoms with van der Waals surface area (Å²) in [4.78, 5) is 23.1. The van der Waals surface area contributed by atoms with Gasteiger partial charge in [0.25, 0.3) is 5.91 Å². The van der Waals surface area contributed by atoms with Crippen LogP contribution in [0.5, 0.6) is 0 Å². The lowest BCUT2D eigenvalue weighted by atomic mass is 10.2. The van der Waals surface area contributed by atoms with Gasteiger partial charge in [-0.25, -0.2) is 4.98 Å². The molecule has 0 aliphatic heterocycles. The van der Waals surface area contributed by atoms with Gasteiger partial charge in [0.15, 0.2) is 0 Å². The Morgan fingerprint density at radius 2 is 2.11 bits per heavy atom. The van der Waals surface area contributed by atoms with Crippen LogP contribution in [0.2, 0.25) is 0 Å². The molecule has 0 aliphatic carbocycles. The van der Waals surface area contributed by atoms with Gasteiger partial charge in [-0.2, -0.15) is 0 Å². The molecule has 3 rings (SSSR count). The maximum Gasteiger partial charge on any atom is 0.257 e. The van der Waals surface area contributed by atoms with Gasteiger partial charge in [0.2, 0.25) is 0 Å². The average molecular weight is 238 g/mol. The summed E-state index contributed by atoms with van der Waals surface area (Å²) in [7, 11) is 0. The first-order valence-corrected chi connectivity index (χ1v) is 5.48. The number of anilines is 1. The van der Waals surface area contributed by atoms with Crippen LogP contribution in [0.4, 0.5) is 5.69 Å². The van der Waals surface area contributed by atoms with E-state index in [1.807, 2.05) is 12.1 Å². The molecule has 0 fully saturated rings. The number of carbonyl (C=O) groups is 1. The number of carbonyl (C=O) groups excluding carboxylic acids is 1. The first-order chi connectivity index (χ1) is 8.84. The topological polar surface area (TPSA) is 70.7 Å². The Morgan fingerprint density at radius 3 is 2.94 bits per heavy atom. The lowest BCUT2D eigenvalue weighted by Crippen LogP contribution is -2.11. The Kier molecular flexibility index (Phi) is 2.49. The van der Waals surface area contributed by atoms with Crippen molar-refractivity contribution < 1.29 is 4.79 Å². The monoisotopic (exact) mass is 238 g/mol. The molecule has 5 heteroatoms. The SMILES string of the molecule is O=C(Nc1c[nH]c2ncccc12)c1cccnc1. The van der Waals surface area contributed by atoms with Crippen molar-refractivity contribution in [3.05, 3.63) is 54.6 Å². The van der Waals surface area contributed by atoms with Gasteiger partial charge in [-0.15, -0.1) is 0 Å². The molecule has 0 aliphatic rings. The zero-order valence-corrected chi connectivity index (χ0v) is 9.42. The quantitative estimate of drug-likeness (QED) is 0.719. The highest BCUT2D eigenvalue weighted by Gasteiger charge is 2.09. The Bertz CT molecular complexity index is 690. The summed E-state index contributed by atoms with van der Waals surface area (Å²) in [5.41, 5.74) is 1.99. The summed E-state index contributed by atoms with van der Waals surface area (Å²) in [6.45, 7) is 0. The van der Waals surface area contributed by atoms with E-state index in [0.717, 1.165) is 11.0 Å². The van der Waals surface area contributed by atoms with Crippen LogP contribution in [0.15, 0.2) is 49.1 Å². The maximum absolute atomic E-state index is 12.0. The second-order valence-electron chi connectivity index (χ2n) is 3.80. The Balaban J connectivity index is 1.91. The van der Waals surface area contributed by atoms with Crippen LogP contribution in [-0.4, -0.2) is 20.9 Å². The van der Waals surface area contributed by atoms with Gasteiger partial charge in [-0.3, -0.25) is 9.78 Å². The first-order valence-electron chi connectivity index (χ1n) is 5.48.